The molecule has 0 radical (unpaired) electrons. The maximum atomic E-state index is 12.6. The van der Waals surface area contributed by atoms with Gasteiger partial charge >= 0.3 is 0 Å². The number of methoxy groups -OCH3 is 2. The lowest BCUT2D eigenvalue weighted by Gasteiger charge is -2.16. The number of ether oxygens (including phenoxy) is 2. The van der Waals surface area contributed by atoms with Gasteiger partial charge < -0.3 is 19.4 Å². The fourth-order valence-corrected chi connectivity index (χ4v) is 2.51. The lowest BCUT2D eigenvalue weighted by Crippen LogP contribution is -2.26. The Hall–Kier alpha value is -2.27. The van der Waals surface area contributed by atoms with E-state index in [1.54, 1.807) is 18.8 Å². The first-order valence-corrected chi connectivity index (χ1v) is 7.26. The van der Waals surface area contributed by atoms with Crippen LogP contribution in [-0.2, 0) is 13.1 Å². The topological polar surface area (TPSA) is 52.5 Å². The first-order chi connectivity index (χ1) is 10.7. The van der Waals surface area contributed by atoms with Gasteiger partial charge in [0.1, 0.15) is 11.5 Å². The number of nitrogens with one attached hydrogen (secondary N) is 1. The normalized spacial score (nSPS) is 10.5. The Labute approximate surface area is 130 Å². The van der Waals surface area contributed by atoms with Gasteiger partial charge in [-0.05, 0) is 38.2 Å². The van der Waals surface area contributed by atoms with Crippen molar-refractivity contribution >= 4 is 0 Å². The second kappa shape index (κ2) is 7.13. The molecule has 1 N–H and O–H groups in total. The lowest BCUT2D eigenvalue weighted by atomic mass is 10.1. The summed E-state index contributed by atoms with van der Waals surface area (Å²) in [4.78, 5) is 12.6. The van der Waals surface area contributed by atoms with Gasteiger partial charge in [-0.3, -0.25) is 4.79 Å². The standard InChI is InChI=1S/C17H22N2O3/c1-5-19-15(8-6-12(11-18-2)17(19)20)14-10-13(21-3)7-9-16(14)22-4/h6-10,18H,5,11H2,1-4H3. The van der Waals surface area contributed by atoms with Crippen molar-refractivity contribution in [2.45, 2.75) is 20.0 Å². The summed E-state index contributed by atoms with van der Waals surface area (Å²) in [5.41, 5.74) is 2.43. The third-order valence-corrected chi connectivity index (χ3v) is 3.62. The molecule has 0 saturated heterocycles. The zero-order chi connectivity index (χ0) is 16.1. The summed E-state index contributed by atoms with van der Waals surface area (Å²) in [7, 11) is 5.07. The van der Waals surface area contributed by atoms with Crippen LogP contribution in [0.4, 0.5) is 0 Å². The van der Waals surface area contributed by atoms with Gasteiger partial charge in [0.15, 0.2) is 0 Å². The van der Waals surface area contributed by atoms with E-state index in [1.165, 1.54) is 0 Å². The van der Waals surface area contributed by atoms with Crippen molar-refractivity contribution in [1.29, 1.82) is 0 Å². The Balaban J connectivity index is 2.67. The summed E-state index contributed by atoms with van der Waals surface area (Å²) < 4.78 is 12.5. The van der Waals surface area contributed by atoms with Crippen molar-refractivity contribution in [3.05, 3.63) is 46.2 Å². The molecular formula is C17H22N2O3. The van der Waals surface area contributed by atoms with Crippen LogP contribution in [0.2, 0.25) is 0 Å². The minimum absolute atomic E-state index is 0.0132. The predicted octanol–water partition coefficient (Wildman–Crippen LogP) is 2.27. The second-order valence-electron chi connectivity index (χ2n) is 4.89. The molecule has 0 atom stereocenters. The zero-order valence-electron chi connectivity index (χ0n) is 13.5. The fourth-order valence-electron chi connectivity index (χ4n) is 2.51. The van der Waals surface area contributed by atoms with Gasteiger partial charge in [0.25, 0.3) is 5.56 Å². The number of hydrogen-bond acceptors (Lipinski definition) is 4. The van der Waals surface area contributed by atoms with Gasteiger partial charge in [0.2, 0.25) is 0 Å². The van der Waals surface area contributed by atoms with Crippen LogP contribution >= 0.6 is 0 Å². The molecule has 0 aliphatic rings. The van der Waals surface area contributed by atoms with Crippen LogP contribution in [-0.4, -0.2) is 25.8 Å². The van der Waals surface area contributed by atoms with Crippen molar-refractivity contribution < 1.29 is 9.47 Å². The Morgan fingerprint density at radius 3 is 2.50 bits per heavy atom. The Morgan fingerprint density at radius 1 is 1.14 bits per heavy atom. The number of nitrogens with zero attached hydrogens (tertiary/aromatic N) is 1. The van der Waals surface area contributed by atoms with E-state index < -0.39 is 0 Å². The Morgan fingerprint density at radius 2 is 1.91 bits per heavy atom. The molecule has 0 bridgehead atoms. The second-order valence-corrected chi connectivity index (χ2v) is 4.89. The third kappa shape index (κ3) is 2.99. The summed E-state index contributed by atoms with van der Waals surface area (Å²) in [6.07, 6.45) is 0. The summed E-state index contributed by atoms with van der Waals surface area (Å²) in [5, 5.41) is 3.02. The van der Waals surface area contributed by atoms with Crippen LogP contribution in [0.25, 0.3) is 11.3 Å². The van der Waals surface area contributed by atoms with E-state index in [0.717, 1.165) is 22.6 Å². The van der Waals surface area contributed by atoms with Crippen LogP contribution in [0.15, 0.2) is 35.1 Å². The van der Waals surface area contributed by atoms with E-state index in [2.05, 4.69) is 5.32 Å². The van der Waals surface area contributed by atoms with E-state index in [1.807, 2.05) is 44.3 Å². The first kappa shape index (κ1) is 16.1. The molecule has 1 aromatic heterocycles. The summed E-state index contributed by atoms with van der Waals surface area (Å²) in [6, 6.07) is 9.39. The zero-order valence-corrected chi connectivity index (χ0v) is 13.5. The highest BCUT2D eigenvalue weighted by Gasteiger charge is 2.14. The van der Waals surface area contributed by atoms with Crippen LogP contribution in [0.3, 0.4) is 0 Å². The van der Waals surface area contributed by atoms with Gasteiger partial charge in [-0.15, -0.1) is 0 Å². The van der Waals surface area contributed by atoms with Crippen LogP contribution in [0.5, 0.6) is 11.5 Å². The summed E-state index contributed by atoms with van der Waals surface area (Å²) in [5.74, 6) is 1.44. The maximum absolute atomic E-state index is 12.6. The highest BCUT2D eigenvalue weighted by molar-refractivity contribution is 5.69. The predicted molar refractivity (Wildman–Crippen MR) is 87.7 cm³/mol. The smallest absolute Gasteiger partial charge is 0.255 e. The minimum atomic E-state index is 0.0132. The van der Waals surface area contributed by atoms with Crippen molar-refractivity contribution in [2.75, 3.05) is 21.3 Å². The number of hydrogen-bond donors (Lipinski definition) is 1. The average Bonchev–Trinajstić information content (AvgIpc) is 2.56. The number of pyridine rings is 1. The Kier molecular flexibility index (Phi) is 5.22. The van der Waals surface area contributed by atoms with Crippen LogP contribution < -0.4 is 20.3 Å². The molecule has 0 spiro atoms. The molecule has 1 heterocycles. The fraction of sp³-hybridized carbons (Fsp3) is 0.353. The summed E-state index contributed by atoms with van der Waals surface area (Å²) in [6.45, 7) is 3.10. The quantitative estimate of drug-likeness (QED) is 0.889. The van der Waals surface area contributed by atoms with Crippen molar-refractivity contribution in [2.24, 2.45) is 0 Å². The molecule has 5 nitrogen and oxygen atoms in total. The average molecular weight is 302 g/mol. The summed E-state index contributed by atoms with van der Waals surface area (Å²) >= 11 is 0. The number of benzene rings is 1. The highest BCUT2D eigenvalue weighted by atomic mass is 16.5. The molecular weight excluding hydrogens is 280 g/mol. The van der Waals surface area contributed by atoms with E-state index in [0.29, 0.717) is 18.8 Å². The first-order valence-electron chi connectivity index (χ1n) is 7.26. The molecule has 0 unspecified atom stereocenters. The molecule has 0 aliphatic heterocycles. The van der Waals surface area contributed by atoms with Gasteiger partial charge in [-0.2, -0.15) is 0 Å². The third-order valence-electron chi connectivity index (χ3n) is 3.62. The van der Waals surface area contributed by atoms with E-state index in [-0.39, 0.29) is 5.56 Å². The molecule has 0 aliphatic carbocycles. The minimum Gasteiger partial charge on any atom is -0.497 e. The van der Waals surface area contributed by atoms with Crippen molar-refractivity contribution in [1.82, 2.24) is 9.88 Å². The largest absolute Gasteiger partial charge is 0.497 e. The molecule has 5 heteroatoms. The van der Waals surface area contributed by atoms with Gasteiger partial charge in [-0.25, -0.2) is 0 Å². The van der Waals surface area contributed by atoms with E-state index in [9.17, 15) is 4.79 Å². The maximum Gasteiger partial charge on any atom is 0.255 e. The van der Waals surface area contributed by atoms with Crippen molar-refractivity contribution in [3.8, 4) is 22.8 Å². The molecule has 0 amide bonds. The molecule has 2 rings (SSSR count). The molecule has 0 fully saturated rings. The van der Waals surface area contributed by atoms with Gasteiger partial charge in [0, 0.05) is 24.2 Å². The van der Waals surface area contributed by atoms with Crippen LogP contribution in [0.1, 0.15) is 12.5 Å². The van der Waals surface area contributed by atoms with Crippen molar-refractivity contribution in [3.63, 3.8) is 0 Å². The molecule has 118 valence electrons. The molecule has 22 heavy (non-hydrogen) atoms. The van der Waals surface area contributed by atoms with Crippen LogP contribution in [0, 0.1) is 0 Å². The molecule has 0 saturated carbocycles. The number of rotatable bonds is 6. The molecule has 2 aromatic rings. The lowest BCUT2D eigenvalue weighted by molar-refractivity contribution is 0.404. The highest BCUT2D eigenvalue weighted by Crippen LogP contribution is 2.32. The van der Waals surface area contributed by atoms with E-state index >= 15 is 0 Å². The monoisotopic (exact) mass is 302 g/mol. The number of aromatic nitrogens is 1. The Bertz CT molecular complexity index is 708. The van der Waals surface area contributed by atoms with Gasteiger partial charge in [-0.1, -0.05) is 6.07 Å². The SMILES string of the molecule is CCn1c(-c2cc(OC)ccc2OC)ccc(CNC)c1=O. The van der Waals surface area contributed by atoms with E-state index in [4.69, 9.17) is 9.47 Å². The molecule has 1 aromatic carbocycles. The van der Waals surface area contributed by atoms with Gasteiger partial charge in [0.05, 0.1) is 19.9 Å².